The van der Waals surface area contributed by atoms with Crippen molar-refractivity contribution in [1.29, 1.82) is 0 Å². The summed E-state index contributed by atoms with van der Waals surface area (Å²) in [6.45, 7) is 0. The van der Waals surface area contributed by atoms with Crippen molar-refractivity contribution in [1.82, 2.24) is 0 Å². The number of allylic oxidation sites excluding steroid dienone is 1. The van der Waals surface area contributed by atoms with Crippen molar-refractivity contribution in [2.24, 2.45) is 0 Å². The quantitative estimate of drug-likeness (QED) is 0.537. The summed E-state index contributed by atoms with van der Waals surface area (Å²) in [7, 11) is 0. The number of ketones is 1. The Bertz CT molecular complexity index is 648. The van der Waals surface area contributed by atoms with E-state index in [2.05, 4.69) is 0 Å². The van der Waals surface area contributed by atoms with E-state index in [-0.39, 0.29) is 5.78 Å². The molecule has 2 rings (SSSR count). The largest absolute Gasteiger partial charge is 0.289 e. The average Bonchev–Trinajstić information content (AvgIpc) is 2.40. The summed E-state index contributed by atoms with van der Waals surface area (Å²) >= 11 is 17.8. The number of hydrogen-bond acceptors (Lipinski definition) is 1. The molecule has 0 atom stereocenters. The molecule has 19 heavy (non-hydrogen) atoms. The molecular weight excluding hydrogens is 303 g/mol. The predicted molar refractivity (Wildman–Crippen MR) is 81.3 cm³/mol. The summed E-state index contributed by atoms with van der Waals surface area (Å²) in [6, 6.07) is 12.0. The van der Waals surface area contributed by atoms with Gasteiger partial charge in [-0.05, 0) is 42.0 Å². The van der Waals surface area contributed by atoms with Crippen LogP contribution in [0.5, 0.6) is 0 Å². The van der Waals surface area contributed by atoms with E-state index in [4.69, 9.17) is 34.8 Å². The first-order chi connectivity index (χ1) is 9.08. The van der Waals surface area contributed by atoms with Gasteiger partial charge >= 0.3 is 0 Å². The van der Waals surface area contributed by atoms with Gasteiger partial charge in [0, 0.05) is 15.6 Å². The molecule has 0 aliphatic rings. The second-order valence-corrected chi connectivity index (χ2v) is 5.09. The van der Waals surface area contributed by atoms with Crippen LogP contribution in [0.1, 0.15) is 15.9 Å². The Morgan fingerprint density at radius 1 is 0.947 bits per heavy atom. The van der Waals surface area contributed by atoms with Crippen molar-refractivity contribution in [3.63, 3.8) is 0 Å². The van der Waals surface area contributed by atoms with Crippen LogP contribution in [0.4, 0.5) is 0 Å². The van der Waals surface area contributed by atoms with E-state index in [1.54, 1.807) is 30.3 Å². The second-order valence-electron chi connectivity index (χ2n) is 3.84. The highest BCUT2D eigenvalue weighted by atomic mass is 35.5. The van der Waals surface area contributed by atoms with Gasteiger partial charge in [-0.2, -0.15) is 0 Å². The molecule has 0 radical (unpaired) electrons. The lowest BCUT2D eigenvalue weighted by molar-refractivity contribution is 0.104. The lowest BCUT2D eigenvalue weighted by Gasteiger charge is -2.01. The fourth-order valence-corrected chi connectivity index (χ4v) is 2.13. The van der Waals surface area contributed by atoms with Gasteiger partial charge < -0.3 is 0 Å². The van der Waals surface area contributed by atoms with Crippen LogP contribution in [0.2, 0.25) is 15.1 Å². The van der Waals surface area contributed by atoms with E-state index in [1.807, 2.05) is 18.2 Å². The maximum Gasteiger partial charge on any atom is 0.187 e. The summed E-state index contributed by atoms with van der Waals surface area (Å²) < 4.78 is 0. The van der Waals surface area contributed by atoms with Gasteiger partial charge in [-0.25, -0.2) is 0 Å². The zero-order valence-electron chi connectivity index (χ0n) is 9.74. The molecule has 0 aliphatic heterocycles. The molecule has 0 unspecified atom stereocenters. The van der Waals surface area contributed by atoms with E-state index in [1.165, 1.54) is 6.08 Å². The highest BCUT2D eigenvalue weighted by Gasteiger charge is 2.08. The van der Waals surface area contributed by atoms with Gasteiger partial charge in [-0.3, -0.25) is 4.79 Å². The Kier molecular flexibility index (Phi) is 4.65. The molecule has 0 heterocycles. The highest BCUT2D eigenvalue weighted by Crippen LogP contribution is 2.22. The molecule has 0 spiro atoms. The molecule has 4 heteroatoms. The molecular formula is C15H9Cl3O. The number of carbonyl (C=O) groups is 1. The predicted octanol–water partition coefficient (Wildman–Crippen LogP) is 5.54. The maximum absolute atomic E-state index is 12.0. The number of carbonyl (C=O) groups excluding carboxylic acids is 1. The number of hydrogen-bond donors (Lipinski definition) is 0. The Labute approximate surface area is 126 Å². The van der Waals surface area contributed by atoms with Gasteiger partial charge in [0.2, 0.25) is 0 Å². The van der Waals surface area contributed by atoms with Crippen molar-refractivity contribution in [2.45, 2.75) is 0 Å². The van der Waals surface area contributed by atoms with Crippen LogP contribution in [-0.4, -0.2) is 5.78 Å². The summed E-state index contributed by atoms with van der Waals surface area (Å²) in [5.41, 5.74) is 1.15. The number of rotatable bonds is 3. The minimum Gasteiger partial charge on any atom is -0.289 e. The second kappa shape index (κ2) is 6.25. The topological polar surface area (TPSA) is 17.1 Å². The SMILES string of the molecule is O=C(C=Cc1ccccc1Cl)c1cc(Cl)ccc1Cl. The van der Waals surface area contributed by atoms with Crippen LogP contribution in [0.15, 0.2) is 48.5 Å². The summed E-state index contributed by atoms with van der Waals surface area (Å²) in [4.78, 5) is 12.0. The standard InChI is InChI=1S/C15H9Cl3O/c16-11-6-7-14(18)12(9-11)15(19)8-5-10-3-1-2-4-13(10)17/h1-9H. The zero-order chi connectivity index (χ0) is 13.8. The lowest BCUT2D eigenvalue weighted by Crippen LogP contribution is -1.95. The number of halogens is 3. The minimum atomic E-state index is -0.215. The Balaban J connectivity index is 2.26. The van der Waals surface area contributed by atoms with E-state index < -0.39 is 0 Å². The van der Waals surface area contributed by atoms with Gasteiger partial charge in [0.1, 0.15) is 0 Å². The van der Waals surface area contributed by atoms with E-state index in [9.17, 15) is 4.79 Å². The van der Waals surface area contributed by atoms with Crippen LogP contribution >= 0.6 is 34.8 Å². The highest BCUT2D eigenvalue weighted by molar-refractivity contribution is 6.36. The summed E-state index contributed by atoms with van der Waals surface area (Å²) in [5, 5.41) is 1.43. The van der Waals surface area contributed by atoms with Crippen molar-refractivity contribution >= 4 is 46.7 Å². The van der Waals surface area contributed by atoms with E-state index in [0.717, 1.165) is 5.56 Å². The Morgan fingerprint density at radius 3 is 2.42 bits per heavy atom. The van der Waals surface area contributed by atoms with Crippen LogP contribution in [0, 0.1) is 0 Å². The first kappa shape index (κ1) is 14.1. The monoisotopic (exact) mass is 310 g/mol. The molecule has 0 N–H and O–H groups in total. The third kappa shape index (κ3) is 3.60. The normalized spacial score (nSPS) is 10.9. The molecule has 0 bridgehead atoms. The fraction of sp³-hybridized carbons (Fsp3) is 0. The zero-order valence-corrected chi connectivity index (χ0v) is 12.0. The van der Waals surface area contributed by atoms with Crippen molar-refractivity contribution in [2.75, 3.05) is 0 Å². The molecule has 0 aromatic heterocycles. The van der Waals surface area contributed by atoms with Crippen LogP contribution in [0.25, 0.3) is 6.08 Å². The van der Waals surface area contributed by atoms with Gasteiger partial charge in [0.25, 0.3) is 0 Å². The first-order valence-corrected chi connectivity index (χ1v) is 6.63. The molecule has 0 saturated heterocycles. The van der Waals surface area contributed by atoms with E-state index in [0.29, 0.717) is 20.6 Å². The van der Waals surface area contributed by atoms with Crippen molar-refractivity contribution < 1.29 is 4.79 Å². The molecule has 2 aromatic rings. The fourth-order valence-electron chi connectivity index (χ4n) is 1.55. The third-order valence-corrected chi connectivity index (χ3v) is 3.42. The molecule has 0 amide bonds. The Hall–Kier alpha value is -1.28. The van der Waals surface area contributed by atoms with Gasteiger partial charge in [0.15, 0.2) is 5.78 Å². The molecule has 0 aliphatic carbocycles. The van der Waals surface area contributed by atoms with Crippen LogP contribution in [-0.2, 0) is 0 Å². The molecule has 1 nitrogen and oxygen atoms in total. The minimum absolute atomic E-state index is 0.215. The smallest absolute Gasteiger partial charge is 0.187 e. The average molecular weight is 312 g/mol. The third-order valence-electron chi connectivity index (χ3n) is 2.51. The van der Waals surface area contributed by atoms with Crippen LogP contribution < -0.4 is 0 Å². The first-order valence-electron chi connectivity index (χ1n) is 5.50. The number of benzene rings is 2. The van der Waals surface area contributed by atoms with Gasteiger partial charge in [-0.15, -0.1) is 0 Å². The van der Waals surface area contributed by atoms with Crippen molar-refractivity contribution in [3.8, 4) is 0 Å². The Morgan fingerprint density at radius 2 is 1.68 bits per heavy atom. The van der Waals surface area contributed by atoms with Crippen LogP contribution in [0.3, 0.4) is 0 Å². The molecule has 96 valence electrons. The summed E-state index contributed by atoms with van der Waals surface area (Å²) in [5.74, 6) is -0.215. The van der Waals surface area contributed by atoms with E-state index >= 15 is 0 Å². The molecule has 2 aromatic carbocycles. The van der Waals surface area contributed by atoms with Gasteiger partial charge in [-0.1, -0.05) is 53.0 Å². The molecule has 0 fully saturated rings. The van der Waals surface area contributed by atoms with Gasteiger partial charge in [0.05, 0.1) is 5.02 Å². The molecule has 0 saturated carbocycles. The maximum atomic E-state index is 12.0. The summed E-state index contributed by atoms with van der Waals surface area (Å²) in [6.07, 6.45) is 3.08. The lowest BCUT2D eigenvalue weighted by atomic mass is 10.1. The van der Waals surface area contributed by atoms with Crippen molar-refractivity contribution in [3.05, 3.63) is 74.7 Å².